The molecule has 6 nitrogen and oxygen atoms in total. The number of morpholine rings is 1. The van der Waals surface area contributed by atoms with Crippen LogP contribution in [0.5, 0.6) is 0 Å². The Morgan fingerprint density at radius 2 is 1.41 bits per heavy atom. The van der Waals surface area contributed by atoms with Crippen LogP contribution in [0.1, 0.15) is 11.1 Å². The van der Waals surface area contributed by atoms with Gasteiger partial charge < -0.3 is 19.7 Å². The molecule has 2 aliphatic rings. The Hall–Kier alpha value is -1.94. The van der Waals surface area contributed by atoms with Gasteiger partial charge in [-0.15, -0.1) is 0 Å². The van der Waals surface area contributed by atoms with Crippen LogP contribution in [0.3, 0.4) is 0 Å². The molecule has 0 radical (unpaired) electrons. The smallest absolute Gasteiger partial charge is 0.123 e. The number of hydrogen-bond donors (Lipinski definition) is 2. The number of ether oxygens (including phenoxy) is 2. The molecule has 0 saturated carbocycles. The minimum Gasteiger partial charge on any atom is -0.394 e. The Morgan fingerprint density at radius 3 is 1.91 bits per heavy atom. The molecular formula is C24H30F2N2O4. The molecule has 2 heterocycles. The normalized spacial score (nSPS) is 26.7. The Bertz CT molecular complexity index is 799. The van der Waals surface area contributed by atoms with Gasteiger partial charge in [0, 0.05) is 32.7 Å². The van der Waals surface area contributed by atoms with Crippen molar-refractivity contribution in [3.05, 3.63) is 71.3 Å². The van der Waals surface area contributed by atoms with Crippen molar-refractivity contribution >= 4 is 0 Å². The largest absolute Gasteiger partial charge is 0.394 e. The molecule has 0 bridgehead atoms. The molecule has 2 saturated heterocycles. The van der Waals surface area contributed by atoms with Crippen molar-refractivity contribution in [2.24, 2.45) is 0 Å². The van der Waals surface area contributed by atoms with Gasteiger partial charge in [0.1, 0.15) is 23.8 Å². The van der Waals surface area contributed by atoms with Crippen LogP contribution in [0.25, 0.3) is 0 Å². The van der Waals surface area contributed by atoms with Crippen LogP contribution in [-0.2, 0) is 22.6 Å². The standard InChI is InChI=1S/C24H30F2N2O4/c25-19-5-1-17(2-6-19)13-27(14-18-3-7-20(26)8-4-18)15-21-23(24(30)22(16-29)32-21)28-9-11-31-12-10-28/h1-8,21-24,29-30H,9-16H2. The van der Waals surface area contributed by atoms with Crippen molar-refractivity contribution in [2.45, 2.75) is 37.4 Å². The van der Waals surface area contributed by atoms with Crippen LogP contribution in [0.15, 0.2) is 48.5 Å². The third kappa shape index (κ3) is 5.70. The molecule has 0 aromatic heterocycles. The van der Waals surface area contributed by atoms with E-state index in [-0.39, 0.29) is 30.4 Å². The Kier molecular flexibility index (Phi) is 7.83. The Morgan fingerprint density at radius 1 is 0.875 bits per heavy atom. The fraction of sp³-hybridized carbons (Fsp3) is 0.500. The molecule has 0 spiro atoms. The van der Waals surface area contributed by atoms with E-state index in [4.69, 9.17) is 9.47 Å². The molecular weight excluding hydrogens is 418 g/mol. The van der Waals surface area contributed by atoms with Crippen LogP contribution < -0.4 is 0 Å². The van der Waals surface area contributed by atoms with Crippen molar-refractivity contribution in [1.29, 1.82) is 0 Å². The van der Waals surface area contributed by atoms with Gasteiger partial charge in [-0.3, -0.25) is 9.80 Å². The highest BCUT2D eigenvalue weighted by Gasteiger charge is 2.46. The molecule has 4 rings (SSSR count). The lowest BCUT2D eigenvalue weighted by atomic mass is 10.0. The average Bonchev–Trinajstić information content (AvgIpc) is 3.12. The van der Waals surface area contributed by atoms with Gasteiger partial charge in [0.05, 0.1) is 32.0 Å². The SMILES string of the molecule is OCC1OC(CN(Cc2ccc(F)cc2)Cc2ccc(F)cc2)C(N2CCOCC2)C1O. The number of benzene rings is 2. The second-order valence-electron chi connectivity index (χ2n) is 8.45. The van der Waals surface area contributed by atoms with Crippen molar-refractivity contribution in [3.63, 3.8) is 0 Å². The van der Waals surface area contributed by atoms with Gasteiger partial charge >= 0.3 is 0 Å². The fourth-order valence-electron chi connectivity index (χ4n) is 4.59. The number of hydrogen-bond acceptors (Lipinski definition) is 6. The van der Waals surface area contributed by atoms with Crippen LogP contribution in [0.2, 0.25) is 0 Å². The van der Waals surface area contributed by atoms with Crippen LogP contribution in [0, 0.1) is 11.6 Å². The van der Waals surface area contributed by atoms with Gasteiger partial charge in [-0.25, -0.2) is 8.78 Å². The van der Waals surface area contributed by atoms with E-state index in [9.17, 15) is 19.0 Å². The van der Waals surface area contributed by atoms with E-state index < -0.39 is 12.2 Å². The molecule has 2 fully saturated rings. The predicted octanol–water partition coefficient (Wildman–Crippen LogP) is 1.79. The van der Waals surface area contributed by atoms with Gasteiger partial charge in [-0.1, -0.05) is 24.3 Å². The molecule has 0 aliphatic carbocycles. The number of halogens is 2. The third-order valence-electron chi connectivity index (χ3n) is 6.19. The zero-order chi connectivity index (χ0) is 22.5. The van der Waals surface area contributed by atoms with E-state index in [1.165, 1.54) is 24.3 Å². The Labute approximate surface area is 187 Å². The summed E-state index contributed by atoms with van der Waals surface area (Å²) in [5.41, 5.74) is 1.88. The maximum atomic E-state index is 13.4. The van der Waals surface area contributed by atoms with Gasteiger partial charge in [0.15, 0.2) is 0 Å². The summed E-state index contributed by atoms with van der Waals surface area (Å²) in [6.07, 6.45) is -1.78. The van der Waals surface area contributed by atoms with Crippen LogP contribution >= 0.6 is 0 Å². The summed E-state index contributed by atoms with van der Waals surface area (Å²) in [5, 5.41) is 20.6. The van der Waals surface area contributed by atoms with Crippen molar-refractivity contribution in [1.82, 2.24) is 9.80 Å². The lowest BCUT2D eigenvalue weighted by Crippen LogP contribution is -2.54. The lowest BCUT2D eigenvalue weighted by Gasteiger charge is -2.37. The van der Waals surface area contributed by atoms with Gasteiger partial charge in [0.25, 0.3) is 0 Å². The van der Waals surface area contributed by atoms with E-state index in [0.29, 0.717) is 45.9 Å². The number of aliphatic hydroxyl groups is 2. The van der Waals surface area contributed by atoms with Crippen LogP contribution in [0.4, 0.5) is 8.78 Å². The van der Waals surface area contributed by atoms with E-state index in [2.05, 4.69) is 9.80 Å². The zero-order valence-electron chi connectivity index (χ0n) is 17.9. The number of nitrogens with zero attached hydrogens (tertiary/aromatic N) is 2. The molecule has 2 aromatic rings. The first-order valence-corrected chi connectivity index (χ1v) is 11.0. The highest BCUT2D eigenvalue weighted by molar-refractivity contribution is 5.18. The van der Waals surface area contributed by atoms with E-state index in [1.54, 1.807) is 24.3 Å². The first kappa shape index (κ1) is 23.2. The topological polar surface area (TPSA) is 65.4 Å². The zero-order valence-corrected chi connectivity index (χ0v) is 17.9. The summed E-state index contributed by atoms with van der Waals surface area (Å²) in [4.78, 5) is 4.31. The molecule has 2 aliphatic heterocycles. The van der Waals surface area contributed by atoms with Crippen molar-refractivity contribution in [3.8, 4) is 0 Å². The number of rotatable bonds is 8. The van der Waals surface area contributed by atoms with E-state index in [0.717, 1.165) is 11.1 Å². The first-order valence-electron chi connectivity index (χ1n) is 11.0. The summed E-state index contributed by atoms with van der Waals surface area (Å²) >= 11 is 0. The van der Waals surface area contributed by atoms with Gasteiger partial charge in [-0.2, -0.15) is 0 Å². The second-order valence-corrected chi connectivity index (χ2v) is 8.45. The molecule has 4 unspecified atom stereocenters. The quantitative estimate of drug-likeness (QED) is 0.642. The average molecular weight is 449 g/mol. The fourth-order valence-corrected chi connectivity index (χ4v) is 4.59. The minimum absolute atomic E-state index is 0.256. The third-order valence-corrected chi connectivity index (χ3v) is 6.19. The summed E-state index contributed by atoms with van der Waals surface area (Å²) in [5.74, 6) is -0.585. The predicted molar refractivity (Wildman–Crippen MR) is 115 cm³/mol. The summed E-state index contributed by atoms with van der Waals surface area (Å²) in [6.45, 7) is 3.87. The number of aliphatic hydroxyl groups excluding tert-OH is 2. The molecule has 2 aromatic carbocycles. The summed E-state index contributed by atoms with van der Waals surface area (Å²) < 4.78 is 38.3. The summed E-state index contributed by atoms with van der Waals surface area (Å²) in [6, 6.07) is 12.4. The molecule has 0 amide bonds. The van der Waals surface area contributed by atoms with E-state index in [1.807, 2.05) is 0 Å². The lowest BCUT2D eigenvalue weighted by molar-refractivity contribution is -0.0373. The molecule has 2 N–H and O–H groups in total. The van der Waals surface area contributed by atoms with Crippen molar-refractivity contribution in [2.75, 3.05) is 39.5 Å². The van der Waals surface area contributed by atoms with E-state index >= 15 is 0 Å². The molecule has 8 heteroatoms. The minimum atomic E-state index is -0.804. The molecule has 174 valence electrons. The first-order chi connectivity index (χ1) is 15.5. The molecule has 4 atom stereocenters. The second kappa shape index (κ2) is 10.8. The highest BCUT2D eigenvalue weighted by Crippen LogP contribution is 2.28. The van der Waals surface area contributed by atoms with Gasteiger partial charge in [0.2, 0.25) is 0 Å². The van der Waals surface area contributed by atoms with Crippen LogP contribution in [-0.4, -0.2) is 83.8 Å². The maximum absolute atomic E-state index is 13.4. The van der Waals surface area contributed by atoms with Gasteiger partial charge in [-0.05, 0) is 35.4 Å². The maximum Gasteiger partial charge on any atom is 0.123 e. The Balaban J connectivity index is 1.54. The summed E-state index contributed by atoms with van der Waals surface area (Å²) in [7, 11) is 0. The monoisotopic (exact) mass is 448 g/mol. The highest BCUT2D eigenvalue weighted by atomic mass is 19.1. The van der Waals surface area contributed by atoms with Crippen molar-refractivity contribution < 1.29 is 28.5 Å². The molecule has 32 heavy (non-hydrogen) atoms.